The maximum atomic E-state index is 11.8. The lowest BCUT2D eigenvalue weighted by Crippen LogP contribution is -2.22. The molecule has 0 aliphatic carbocycles. The average molecular weight is 250 g/mol. The molecule has 0 saturated heterocycles. The fraction of sp³-hybridized carbons (Fsp3) is 0.167. The van der Waals surface area contributed by atoms with Crippen LogP contribution in [0.3, 0.4) is 0 Å². The number of amides is 1. The quantitative estimate of drug-likeness (QED) is 0.905. The minimum Gasteiger partial charge on any atom is -0.348 e. The highest BCUT2D eigenvalue weighted by Gasteiger charge is 2.08. The highest BCUT2D eigenvalue weighted by Crippen LogP contribution is 2.14. The monoisotopic (exact) mass is 249 g/mol. The van der Waals surface area contributed by atoms with Crippen molar-refractivity contribution in [1.82, 2.24) is 15.1 Å². The maximum absolute atomic E-state index is 11.8. The molecule has 0 aliphatic rings. The van der Waals surface area contributed by atoms with Crippen LogP contribution in [0.4, 0.5) is 0 Å². The molecule has 1 N–H and O–H groups in total. The van der Waals surface area contributed by atoms with E-state index in [1.165, 1.54) is 0 Å². The minimum absolute atomic E-state index is 0.181. The number of nitrogens with one attached hydrogen (secondary N) is 1. The molecule has 0 saturated carbocycles. The van der Waals surface area contributed by atoms with Crippen molar-refractivity contribution in [3.8, 4) is 0 Å². The van der Waals surface area contributed by atoms with Crippen LogP contribution in [0.15, 0.2) is 36.7 Å². The van der Waals surface area contributed by atoms with E-state index in [-0.39, 0.29) is 5.91 Å². The summed E-state index contributed by atoms with van der Waals surface area (Å²) in [5, 5.41) is 7.27. The first-order chi connectivity index (χ1) is 8.16. The van der Waals surface area contributed by atoms with E-state index in [0.717, 1.165) is 5.56 Å². The molecule has 0 fully saturated rings. The van der Waals surface area contributed by atoms with Gasteiger partial charge in [-0.1, -0.05) is 23.7 Å². The summed E-state index contributed by atoms with van der Waals surface area (Å²) >= 11 is 5.93. The summed E-state index contributed by atoms with van der Waals surface area (Å²) in [6.07, 6.45) is 3.57. The molecule has 0 bridgehead atoms. The van der Waals surface area contributed by atoms with E-state index in [1.54, 1.807) is 35.1 Å². The van der Waals surface area contributed by atoms with E-state index >= 15 is 0 Å². The highest BCUT2D eigenvalue weighted by atomic mass is 35.5. The summed E-state index contributed by atoms with van der Waals surface area (Å²) < 4.78 is 1.69. The van der Waals surface area contributed by atoms with Crippen LogP contribution in [0.2, 0.25) is 5.02 Å². The van der Waals surface area contributed by atoms with E-state index in [9.17, 15) is 4.79 Å². The summed E-state index contributed by atoms with van der Waals surface area (Å²) in [7, 11) is 1.83. The van der Waals surface area contributed by atoms with E-state index in [4.69, 9.17) is 11.6 Å². The van der Waals surface area contributed by atoms with E-state index in [2.05, 4.69) is 10.4 Å². The summed E-state index contributed by atoms with van der Waals surface area (Å²) in [4.78, 5) is 11.8. The van der Waals surface area contributed by atoms with Crippen molar-refractivity contribution < 1.29 is 4.79 Å². The molecule has 0 atom stereocenters. The normalized spacial score (nSPS) is 10.2. The second-order valence-corrected chi connectivity index (χ2v) is 4.09. The Hall–Kier alpha value is -1.81. The summed E-state index contributed by atoms with van der Waals surface area (Å²) in [5.41, 5.74) is 1.44. The Kier molecular flexibility index (Phi) is 3.44. The van der Waals surface area contributed by atoms with Gasteiger partial charge in [-0.25, -0.2) is 0 Å². The van der Waals surface area contributed by atoms with Gasteiger partial charge in [0.1, 0.15) is 0 Å². The number of rotatable bonds is 3. The van der Waals surface area contributed by atoms with Gasteiger partial charge >= 0.3 is 0 Å². The van der Waals surface area contributed by atoms with Gasteiger partial charge in [0.05, 0.1) is 16.8 Å². The van der Waals surface area contributed by atoms with Gasteiger partial charge in [0.25, 0.3) is 5.91 Å². The van der Waals surface area contributed by atoms with Gasteiger partial charge in [0.2, 0.25) is 0 Å². The van der Waals surface area contributed by atoms with Crippen molar-refractivity contribution in [3.05, 3.63) is 52.8 Å². The standard InChI is InChI=1S/C12H12ClN3O/c1-16-8-9(7-15-16)6-14-12(17)10-4-2-3-5-11(10)13/h2-5,7-8H,6H2,1H3,(H,14,17). The van der Waals surface area contributed by atoms with E-state index in [1.807, 2.05) is 13.2 Å². The number of hydrogen-bond acceptors (Lipinski definition) is 2. The molecular formula is C12H12ClN3O. The Balaban J connectivity index is 2.01. The van der Waals surface area contributed by atoms with E-state index < -0.39 is 0 Å². The molecule has 0 unspecified atom stereocenters. The summed E-state index contributed by atoms with van der Waals surface area (Å²) in [6, 6.07) is 6.96. The zero-order valence-electron chi connectivity index (χ0n) is 9.35. The predicted molar refractivity (Wildman–Crippen MR) is 65.8 cm³/mol. The van der Waals surface area contributed by atoms with Crippen molar-refractivity contribution in [2.45, 2.75) is 6.54 Å². The first kappa shape index (κ1) is 11.7. The van der Waals surface area contributed by atoms with Crippen LogP contribution in [-0.4, -0.2) is 15.7 Å². The zero-order valence-corrected chi connectivity index (χ0v) is 10.1. The van der Waals surface area contributed by atoms with Gasteiger partial charge in [-0.3, -0.25) is 9.48 Å². The molecule has 1 amide bonds. The van der Waals surface area contributed by atoms with Crippen molar-refractivity contribution in [3.63, 3.8) is 0 Å². The van der Waals surface area contributed by atoms with Gasteiger partial charge in [0, 0.05) is 25.4 Å². The lowest BCUT2D eigenvalue weighted by molar-refractivity contribution is 0.0951. The van der Waals surface area contributed by atoms with Crippen LogP contribution in [0.5, 0.6) is 0 Å². The molecule has 0 aliphatic heterocycles. The first-order valence-electron chi connectivity index (χ1n) is 5.17. The molecule has 1 aromatic heterocycles. The number of aromatic nitrogens is 2. The number of nitrogens with zero attached hydrogens (tertiary/aromatic N) is 2. The fourth-order valence-electron chi connectivity index (χ4n) is 1.49. The molecule has 1 heterocycles. The number of carbonyl (C=O) groups is 1. The van der Waals surface area contributed by atoms with Gasteiger partial charge in [-0.05, 0) is 12.1 Å². The molecule has 1 aromatic carbocycles. The van der Waals surface area contributed by atoms with Crippen molar-refractivity contribution in [1.29, 1.82) is 0 Å². The maximum Gasteiger partial charge on any atom is 0.253 e. The van der Waals surface area contributed by atoms with Gasteiger partial charge in [-0.15, -0.1) is 0 Å². The highest BCUT2D eigenvalue weighted by molar-refractivity contribution is 6.33. The molecule has 5 heteroatoms. The third-order valence-corrected chi connectivity index (χ3v) is 2.66. The van der Waals surface area contributed by atoms with Crippen molar-refractivity contribution >= 4 is 17.5 Å². The average Bonchev–Trinajstić information content (AvgIpc) is 2.73. The second kappa shape index (κ2) is 5.01. The lowest BCUT2D eigenvalue weighted by atomic mass is 10.2. The van der Waals surface area contributed by atoms with Crippen LogP contribution >= 0.6 is 11.6 Å². The zero-order chi connectivity index (χ0) is 12.3. The van der Waals surface area contributed by atoms with Crippen LogP contribution < -0.4 is 5.32 Å². The molecular weight excluding hydrogens is 238 g/mol. The molecule has 17 heavy (non-hydrogen) atoms. The SMILES string of the molecule is Cn1cc(CNC(=O)c2ccccc2Cl)cn1. The third-order valence-electron chi connectivity index (χ3n) is 2.33. The van der Waals surface area contributed by atoms with Gasteiger partial charge in [0.15, 0.2) is 0 Å². The van der Waals surface area contributed by atoms with Crippen LogP contribution in [0.25, 0.3) is 0 Å². The minimum atomic E-state index is -0.181. The molecule has 0 radical (unpaired) electrons. The molecule has 2 aromatic rings. The largest absolute Gasteiger partial charge is 0.348 e. The molecule has 4 nitrogen and oxygen atoms in total. The van der Waals surface area contributed by atoms with E-state index in [0.29, 0.717) is 17.1 Å². The predicted octanol–water partition coefficient (Wildman–Crippen LogP) is 2.00. The Bertz CT molecular complexity index is 536. The molecule has 88 valence electrons. The topological polar surface area (TPSA) is 46.9 Å². The number of benzene rings is 1. The smallest absolute Gasteiger partial charge is 0.253 e. The number of halogens is 1. The Labute approximate surface area is 104 Å². The van der Waals surface area contributed by atoms with Gasteiger partial charge < -0.3 is 5.32 Å². The number of hydrogen-bond donors (Lipinski definition) is 1. The number of aryl methyl sites for hydroxylation is 1. The third kappa shape index (κ3) is 2.85. The lowest BCUT2D eigenvalue weighted by Gasteiger charge is -2.04. The first-order valence-corrected chi connectivity index (χ1v) is 5.55. The Morgan fingerprint density at radius 3 is 2.88 bits per heavy atom. The molecule has 2 rings (SSSR count). The second-order valence-electron chi connectivity index (χ2n) is 3.68. The van der Waals surface area contributed by atoms with Crippen LogP contribution in [-0.2, 0) is 13.6 Å². The van der Waals surface area contributed by atoms with Crippen LogP contribution in [0, 0.1) is 0 Å². The van der Waals surface area contributed by atoms with Crippen molar-refractivity contribution in [2.24, 2.45) is 7.05 Å². The summed E-state index contributed by atoms with van der Waals surface area (Å²) in [6.45, 7) is 0.442. The Morgan fingerprint density at radius 2 is 2.24 bits per heavy atom. The van der Waals surface area contributed by atoms with Crippen LogP contribution in [0.1, 0.15) is 15.9 Å². The fourth-order valence-corrected chi connectivity index (χ4v) is 1.71. The summed E-state index contributed by atoms with van der Waals surface area (Å²) in [5.74, 6) is -0.181. The van der Waals surface area contributed by atoms with Crippen molar-refractivity contribution in [2.75, 3.05) is 0 Å². The Morgan fingerprint density at radius 1 is 1.47 bits per heavy atom. The van der Waals surface area contributed by atoms with Gasteiger partial charge in [-0.2, -0.15) is 5.10 Å². The number of carbonyl (C=O) groups excluding carboxylic acids is 1. The molecule has 0 spiro atoms.